The number of methoxy groups -OCH3 is 3. The quantitative estimate of drug-likeness (QED) is 0.464. The number of hydrogen-bond acceptors (Lipinski definition) is 7. The van der Waals surface area contributed by atoms with Crippen LogP contribution in [-0.4, -0.2) is 62.6 Å². The smallest absolute Gasteiger partial charge is 0.314 e. The molecule has 1 aromatic rings. The van der Waals surface area contributed by atoms with Crippen molar-refractivity contribution in [3.63, 3.8) is 0 Å². The van der Waals surface area contributed by atoms with Crippen LogP contribution in [0.15, 0.2) is 42.5 Å². The molecule has 202 valence electrons. The Morgan fingerprint density at radius 2 is 1.64 bits per heavy atom. The molecular weight excluding hydrogens is 460 g/mol. The summed E-state index contributed by atoms with van der Waals surface area (Å²) < 4.78 is 29.6. The first-order valence-electron chi connectivity index (χ1n) is 13.2. The van der Waals surface area contributed by atoms with Gasteiger partial charge in [0.2, 0.25) is 5.79 Å². The largest absolute Gasteiger partial charge is 0.457 e. The second-order valence-electron chi connectivity index (χ2n) is 10.3. The van der Waals surface area contributed by atoms with Gasteiger partial charge in [-0.1, -0.05) is 62.8 Å². The van der Waals surface area contributed by atoms with Gasteiger partial charge in [-0.25, -0.2) is 0 Å². The summed E-state index contributed by atoms with van der Waals surface area (Å²) in [6.45, 7) is 5.80. The van der Waals surface area contributed by atoms with Crippen LogP contribution in [0.5, 0.6) is 0 Å². The summed E-state index contributed by atoms with van der Waals surface area (Å²) in [4.78, 5) is 13.4. The lowest BCUT2D eigenvalue weighted by Crippen LogP contribution is -2.61. The Labute approximate surface area is 216 Å². The monoisotopic (exact) mass is 504 g/mol. The third-order valence-corrected chi connectivity index (χ3v) is 7.89. The molecule has 1 fully saturated rings. The van der Waals surface area contributed by atoms with E-state index in [1.54, 1.807) is 28.3 Å². The zero-order valence-electron chi connectivity index (χ0n) is 22.6. The summed E-state index contributed by atoms with van der Waals surface area (Å²) in [5, 5.41) is 11.8. The van der Waals surface area contributed by atoms with Crippen LogP contribution in [0, 0.1) is 17.8 Å². The van der Waals surface area contributed by atoms with Crippen LogP contribution in [-0.2, 0) is 28.5 Å². The molecule has 1 saturated heterocycles. The minimum Gasteiger partial charge on any atom is -0.457 e. The number of ether oxygens (including phenoxy) is 5. The Hall–Kier alpha value is -1.77. The molecule has 36 heavy (non-hydrogen) atoms. The van der Waals surface area contributed by atoms with Gasteiger partial charge in [0.25, 0.3) is 0 Å². The fourth-order valence-corrected chi connectivity index (χ4v) is 5.53. The molecule has 7 nitrogen and oxygen atoms in total. The lowest BCUT2D eigenvalue weighted by molar-refractivity contribution is -0.338. The van der Waals surface area contributed by atoms with Gasteiger partial charge >= 0.3 is 5.97 Å². The van der Waals surface area contributed by atoms with E-state index in [1.165, 1.54) is 0 Å². The minimum absolute atomic E-state index is 0.0346. The normalized spacial score (nSPS) is 39.8. The lowest BCUT2D eigenvalue weighted by atomic mass is 9.80. The number of hydrogen-bond donors (Lipinski definition) is 1. The van der Waals surface area contributed by atoms with E-state index in [0.717, 1.165) is 24.8 Å². The third kappa shape index (κ3) is 6.56. The number of esters is 1. The second-order valence-corrected chi connectivity index (χ2v) is 10.3. The molecular formula is C29H44O7. The van der Waals surface area contributed by atoms with Crippen LogP contribution < -0.4 is 0 Å². The van der Waals surface area contributed by atoms with E-state index in [9.17, 15) is 9.90 Å². The summed E-state index contributed by atoms with van der Waals surface area (Å²) in [6.07, 6.45) is 6.21. The highest BCUT2D eigenvalue weighted by Gasteiger charge is 2.54. The third-order valence-electron chi connectivity index (χ3n) is 7.89. The number of carbonyl (C=O) groups excluding carboxylic acids is 1. The topological polar surface area (TPSA) is 83.5 Å². The highest BCUT2D eigenvalue weighted by molar-refractivity contribution is 5.73. The number of carbonyl (C=O) groups is 1. The van der Waals surface area contributed by atoms with E-state index in [0.29, 0.717) is 12.8 Å². The molecule has 1 aromatic carbocycles. The average molecular weight is 505 g/mol. The molecule has 2 heterocycles. The number of cyclic esters (lactones) is 1. The van der Waals surface area contributed by atoms with Crippen molar-refractivity contribution in [1.29, 1.82) is 0 Å². The fraction of sp³-hybridized carbons (Fsp3) is 0.690. The molecule has 3 rings (SSSR count). The van der Waals surface area contributed by atoms with Crippen molar-refractivity contribution in [2.75, 3.05) is 21.3 Å². The van der Waals surface area contributed by atoms with Gasteiger partial charge in [0, 0.05) is 27.2 Å². The summed E-state index contributed by atoms with van der Waals surface area (Å²) in [5.74, 6) is -3.16. The second kappa shape index (κ2) is 13.2. The molecule has 0 amide bonds. The van der Waals surface area contributed by atoms with Gasteiger partial charge in [0.05, 0.1) is 12.2 Å². The summed E-state index contributed by atoms with van der Waals surface area (Å²) in [7, 11) is 4.94. The first kappa shape index (κ1) is 28.8. The number of benzene rings is 1. The predicted molar refractivity (Wildman–Crippen MR) is 137 cm³/mol. The highest BCUT2D eigenvalue weighted by atomic mass is 16.7. The van der Waals surface area contributed by atoms with Gasteiger partial charge < -0.3 is 28.8 Å². The van der Waals surface area contributed by atoms with Gasteiger partial charge in [0.1, 0.15) is 24.2 Å². The molecule has 2 bridgehead atoms. The van der Waals surface area contributed by atoms with Crippen molar-refractivity contribution in [1.82, 2.24) is 0 Å². The Balaban J connectivity index is 1.97. The summed E-state index contributed by atoms with van der Waals surface area (Å²) in [5.41, 5.74) is 0.931. The number of fused-ring (bicyclic) bond motifs is 2. The Morgan fingerprint density at radius 1 is 0.944 bits per heavy atom. The standard InChI is InChI=1S/C29H44O7/c1-19-16-17-25(33-5)24(32-4)15-11-10-14-23(22-12-8-7-9-13-22)35-28(30)21(3)29(31)26(34-6)18-20(2)27(19)36-29/h7-9,12-13,16-17,19-21,23-27,31H,10-11,14-15,18H2,1-6H3/b17-16+/t19-,20-,21+,23-,24-,25+,26+,27-,29+/m0/s1. The Morgan fingerprint density at radius 3 is 2.28 bits per heavy atom. The predicted octanol–water partition coefficient (Wildman–Crippen LogP) is 4.83. The van der Waals surface area contributed by atoms with Crippen LogP contribution in [0.2, 0.25) is 0 Å². The Bertz CT molecular complexity index is 843. The summed E-state index contributed by atoms with van der Waals surface area (Å²) in [6, 6.07) is 9.75. The average Bonchev–Trinajstić information content (AvgIpc) is 2.89. The first-order valence-corrected chi connectivity index (χ1v) is 13.2. The molecule has 9 atom stereocenters. The van der Waals surface area contributed by atoms with E-state index >= 15 is 0 Å². The molecule has 2 aliphatic rings. The van der Waals surface area contributed by atoms with Gasteiger partial charge in [-0.05, 0) is 44.1 Å². The maximum Gasteiger partial charge on any atom is 0.314 e. The van der Waals surface area contributed by atoms with E-state index in [1.807, 2.05) is 36.4 Å². The van der Waals surface area contributed by atoms with E-state index in [2.05, 4.69) is 19.9 Å². The van der Waals surface area contributed by atoms with Gasteiger partial charge in [-0.2, -0.15) is 0 Å². The first-order chi connectivity index (χ1) is 17.2. The van der Waals surface area contributed by atoms with Gasteiger partial charge in [-0.3, -0.25) is 4.79 Å². The van der Waals surface area contributed by atoms with E-state index in [-0.39, 0.29) is 30.1 Å². The Kier molecular flexibility index (Phi) is 10.5. The molecule has 0 unspecified atom stereocenters. The molecule has 0 aliphatic carbocycles. The number of rotatable bonds is 4. The van der Waals surface area contributed by atoms with Crippen LogP contribution in [0.4, 0.5) is 0 Å². The van der Waals surface area contributed by atoms with Crippen LogP contribution in [0.3, 0.4) is 0 Å². The zero-order valence-corrected chi connectivity index (χ0v) is 22.6. The van der Waals surface area contributed by atoms with Gasteiger partial charge in [0.15, 0.2) is 0 Å². The molecule has 1 N–H and O–H groups in total. The van der Waals surface area contributed by atoms with Crippen molar-refractivity contribution >= 4 is 5.97 Å². The fourth-order valence-electron chi connectivity index (χ4n) is 5.53. The maximum atomic E-state index is 13.4. The van der Waals surface area contributed by atoms with Crippen molar-refractivity contribution in [3.8, 4) is 0 Å². The molecule has 0 aromatic heterocycles. The lowest BCUT2D eigenvalue weighted by Gasteiger charge is -2.48. The van der Waals surface area contributed by atoms with Crippen molar-refractivity contribution in [3.05, 3.63) is 48.0 Å². The van der Waals surface area contributed by atoms with Crippen molar-refractivity contribution in [2.24, 2.45) is 17.8 Å². The van der Waals surface area contributed by atoms with E-state index < -0.39 is 29.9 Å². The van der Waals surface area contributed by atoms with Crippen molar-refractivity contribution in [2.45, 2.75) is 89.2 Å². The van der Waals surface area contributed by atoms with Crippen LogP contribution in [0.1, 0.15) is 64.5 Å². The molecule has 0 radical (unpaired) electrons. The molecule has 7 heteroatoms. The minimum atomic E-state index is -1.81. The van der Waals surface area contributed by atoms with Crippen LogP contribution in [0.25, 0.3) is 0 Å². The van der Waals surface area contributed by atoms with Gasteiger partial charge in [-0.15, -0.1) is 0 Å². The molecule has 0 saturated carbocycles. The zero-order chi connectivity index (χ0) is 26.3. The van der Waals surface area contributed by atoms with Crippen molar-refractivity contribution < 1.29 is 33.6 Å². The number of aliphatic hydroxyl groups is 1. The molecule has 2 aliphatic heterocycles. The van der Waals surface area contributed by atoms with Crippen LogP contribution >= 0.6 is 0 Å². The molecule has 0 spiro atoms. The SMILES string of the molecule is CO[C@H]1CCCC[C@@H](c2ccccc2)OC(=O)[C@@H](C)[C@@]2(O)O[C@@H]([C@@H](C)/C=C/[C@H]1OC)[C@@H](C)C[C@H]2OC. The maximum absolute atomic E-state index is 13.4. The summed E-state index contributed by atoms with van der Waals surface area (Å²) >= 11 is 0. The highest BCUT2D eigenvalue weighted by Crippen LogP contribution is 2.41. The van der Waals surface area contributed by atoms with E-state index in [4.69, 9.17) is 23.7 Å².